The molecule has 1 aromatic heterocycles. The molecule has 1 aromatic carbocycles. The predicted molar refractivity (Wildman–Crippen MR) is 75.9 cm³/mol. The van der Waals surface area contributed by atoms with Crippen LogP contribution in [0.2, 0.25) is 0 Å². The Hall–Kier alpha value is -1.77. The highest BCUT2D eigenvalue weighted by molar-refractivity contribution is 5.53. The molecule has 0 radical (unpaired) electrons. The number of nitrogens with zero attached hydrogens (tertiary/aromatic N) is 2. The zero-order valence-electron chi connectivity index (χ0n) is 11.8. The Bertz CT molecular complexity index is 555. The highest BCUT2D eigenvalue weighted by Gasteiger charge is 2.12. The molecule has 3 nitrogen and oxygen atoms in total. The van der Waals surface area contributed by atoms with Crippen LogP contribution in [0.25, 0.3) is 0 Å². The van der Waals surface area contributed by atoms with E-state index in [1.165, 1.54) is 22.4 Å². The van der Waals surface area contributed by atoms with Crippen LogP contribution >= 0.6 is 0 Å². The summed E-state index contributed by atoms with van der Waals surface area (Å²) >= 11 is 0. The summed E-state index contributed by atoms with van der Waals surface area (Å²) in [7, 11) is 1.96. The highest BCUT2D eigenvalue weighted by atomic mass is 15.3. The van der Waals surface area contributed by atoms with Gasteiger partial charge in [-0.3, -0.25) is 4.68 Å². The second kappa shape index (κ2) is 4.84. The van der Waals surface area contributed by atoms with Crippen molar-refractivity contribution in [2.24, 2.45) is 7.05 Å². The van der Waals surface area contributed by atoms with Gasteiger partial charge in [0.1, 0.15) is 0 Å². The Kier molecular flexibility index (Phi) is 3.41. The van der Waals surface area contributed by atoms with Crippen LogP contribution in [0.4, 0.5) is 5.69 Å². The molecule has 0 aliphatic rings. The number of rotatable bonds is 3. The van der Waals surface area contributed by atoms with Crippen molar-refractivity contribution < 1.29 is 0 Å². The summed E-state index contributed by atoms with van der Waals surface area (Å²) in [6, 6.07) is 6.75. The van der Waals surface area contributed by atoms with Gasteiger partial charge in [-0.2, -0.15) is 5.10 Å². The molecule has 0 saturated heterocycles. The first kappa shape index (κ1) is 12.7. The van der Waals surface area contributed by atoms with Gasteiger partial charge in [0, 0.05) is 24.5 Å². The number of anilines is 1. The zero-order chi connectivity index (χ0) is 13.3. The van der Waals surface area contributed by atoms with Crippen LogP contribution in [-0.4, -0.2) is 9.78 Å². The van der Waals surface area contributed by atoms with E-state index in [9.17, 15) is 0 Å². The third-order valence-corrected chi connectivity index (χ3v) is 3.28. The van der Waals surface area contributed by atoms with Gasteiger partial charge in [0.15, 0.2) is 0 Å². The Morgan fingerprint density at radius 3 is 2.56 bits per heavy atom. The topological polar surface area (TPSA) is 29.9 Å². The smallest absolute Gasteiger partial charge is 0.0646 e. The number of hydrogen-bond acceptors (Lipinski definition) is 2. The van der Waals surface area contributed by atoms with Gasteiger partial charge in [-0.25, -0.2) is 0 Å². The van der Waals surface area contributed by atoms with Crippen molar-refractivity contribution in [3.8, 4) is 0 Å². The van der Waals surface area contributed by atoms with E-state index >= 15 is 0 Å². The fourth-order valence-corrected chi connectivity index (χ4v) is 2.25. The molecular weight excluding hydrogens is 222 g/mol. The van der Waals surface area contributed by atoms with Gasteiger partial charge in [0.05, 0.1) is 11.7 Å². The summed E-state index contributed by atoms with van der Waals surface area (Å²) in [4.78, 5) is 0. The van der Waals surface area contributed by atoms with Gasteiger partial charge in [-0.1, -0.05) is 12.1 Å². The van der Waals surface area contributed by atoms with Crippen molar-refractivity contribution in [2.75, 3.05) is 5.32 Å². The Morgan fingerprint density at radius 1 is 1.22 bits per heavy atom. The van der Waals surface area contributed by atoms with Gasteiger partial charge in [-0.05, 0) is 44.9 Å². The second-order valence-corrected chi connectivity index (χ2v) is 5.03. The lowest BCUT2D eigenvalue weighted by Crippen LogP contribution is -2.08. The number of aryl methyl sites for hydroxylation is 4. The highest BCUT2D eigenvalue weighted by Crippen LogP contribution is 2.24. The molecule has 0 fully saturated rings. The molecule has 1 atom stereocenters. The van der Waals surface area contributed by atoms with E-state index in [0.717, 1.165) is 5.69 Å². The minimum atomic E-state index is 0.263. The van der Waals surface area contributed by atoms with E-state index in [1.54, 1.807) is 0 Å². The molecule has 0 bridgehead atoms. The molecule has 0 spiro atoms. The average Bonchev–Trinajstić information content (AvgIpc) is 2.63. The van der Waals surface area contributed by atoms with Crippen molar-refractivity contribution in [1.82, 2.24) is 9.78 Å². The number of nitrogens with one attached hydrogen (secondary N) is 1. The van der Waals surface area contributed by atoms with Crippen LogP contribution in [0, 0.1) is 20.8 Å². The number of aromatic nitrogens is 2. The molecule has 1 heterocycles. The van der Waals surface area contributed by atoms with Crippen LogP contribution < -0.4 is 5.32 Å². The monoisotopic (exact) mass is 243 g/mol. The normalized spacial score (nSPS) is 12.5. The van der Waals surface area contributed by atoms with Crippen LogP contribution in [0.3, 0.4) is 0 Å². The predicted octanol–water partition coefficient (Wildman–Crippen LogP) is 3.52. The van der Waals surface area contributed by atoms with Crippen molar-refractivity contribution in [1.29, 1.82) is 0 Å². The molecule has 1 unspecified atom stereocenters. The largest absolute Gasteiger partial charge is 0.378 e. The third-order valence-electron chi connectivity index (χ3n) is 3.28. The standard InChI is InChI=1S/C15H21N3/c1-10-6-7-11(2)15(8-10)16-12(3)14-9-18(5)17-13(14)4/h6-9,12,16H,1-5H3. The lowest BCUT2D eigenvalue weighted by molar-refractivity contribution is 0.756. The maximum Gasteiger partial charge on any atom is 0.0646 e. The summed E-state index contributed by atoms with van der Waals surface area (Å²) in [6.07, 6.45) is 2.08. The van der Waals surface area contributed by atoms with E-state index < -0.39 is 0 Å². The third kappa shape index (κ3) is 2.55. The van der Waals surface area contributed by atoms with Crippen molar-refractivity contribution in [3.63, 3.8) is 0 Å². The molecule has 1 N–H and O–H groups in total. The molecule has 0 aliphatic heterocycles. The maximum atomic E-state index is 4.39. The van der Waals surface area contributed by atoms with Crippen LogP contribution in [0.15, 0.2) is 24.4 Å². The van der Waals surface area contributed by atoms with Crippen LogP contribution in [-0.2, 0) is 7.05 Å². The second-order valence-electron chi connectivity index (χ2n) is 5.03. The van der Waals surface area contributed by atoms with Crippen molar-refractivity contribution in [2.45, 2.75) is 33.7 Å². The van der Waals surface area contributed by atoms with E-state index in [2.05, 4.69) is 62.5 Å². The van der Waals surface area contributed by atoms with Gasteiger partial charge >= 0.3 is 0 Å². The first-order chi connectivity index (χ1) is 8.47. The summed E-state index contributed by atoms with van der Waals surface area (Å²) in [5, 5.41) is 7.96. The fourth-order valence-electron chi connectivity index (χ4n) is 2.25. The Balaban J connectivity index is 2.23. The van der Waals surface area contributed by atoms with Crippen molar-refractivity contribution >= 4 is 5.69 Å². The van der Waals surface area contributed by atoms with E-state index in [-0.39, 0.29) is 6.04 Å². The quantitative estimate of drug-likeness (QED) is 0.894. The number of hydrogen-bond donors (Lipinski definition) is 1. The minimum Gasteiger partial charge on any atom is -0.378 e. The molecule has 96 valence electrons. The SMILES string of the molecule is Cc1ccc(C)c(NC(C)c2cn(C)nc2C)c1. The van der Waals surface area contributed by atoms with Crippen LogP contribution in [0.1, 0.15) is 35.3 Å². The minimum absolute atomic E-state index is 0.263. The van der Waals surface area contributed by atoms with E-state index in [4.69, 9.17) is 0 Å². The van der Waals surface area contributed by atoms with Gasteiger partial charge in [-0.15, -0.1) is 0 Å². The Morgan fingerprint density at radius 2 is 1.94 bits per heavy atom. The van der Waals surface area contributed by atoms with Crippen molar-refractivity contribution in [3.05, 3.63) is 46.8 Å². The fraction of sp³-hybridized carbons (Fsp3) is 0.400. The summed E-state index contributed by atoms with van der Waals surface area (Å²) < 4.78 is 1.87. The molecule has 0 amide bonds. The van der Waals surface area contributed by atoms with Crippen LogP contribution in [0.5, 0.6) is 0 Å². The molecule has 3 heteroatoms. The number of benzene rings is 1. The van der Waals surface area contributed by atoms with Gasteiger partial charge in [0.2, 0.25) is 0 Å². The lowest BCUT2D eigenvalue weighted by atomic mass is 10.1. The van der Waals surface area contributed by atoms with E-state index in [1.807, 2.05) is 11.7 Å². The zero-order valence-corrected chi connectivity index (χ0v) is 11.8. The summed E-state index contributed by atoms with van der Waals surface area (Å²) in [5.41, 5.74) is 6.08. The first-order valence-corrected chi connectivity index (χ1v) is 6.31. The van der Waals surface area contributed by atoms with Gasteiger partial charge in [0.25, 0.3) is 0 Å². The molecule has 0 aliphatic carbocycles. The molecule has 0 saturated carbocycles. The summed E-state index contributed by atoms with van der Waals surface area (Å²) in [5.74, 6) is 0. The maximum absolute atomic E-state index is 4.39. The lowest BCUT2D eigenvalue weighted by Gasteiger charge is -2.17. The molecular formula is C15H21N3. The summed E-state index contributed by atoms with van der Waals surface area (Å²) in [6.45, 7) is 8.47. The molecule has 18 heavy (non-hydrogen) atoms. The van der Waals surface area contributed by atoms with E-state index in [0.29, 0.717) is 0 Å². The molecule has 2 rings (SSSR count). The first-order valence-electron chi connectivity index (χ1n) is 6.31. The van der Waals surface area contributed by atoms with Gasteiger partial charge < -0.3 is 5.32 Å². The average molecular weight is 243 g/mol. The Labute approximate surface area is 109 Å². The molecule has 2 aromatic rings.